The van der Waals surface area contributed by atoms with Gasteiger partial charge in [0.15, 0.2) is 0 Å². The molecule has 2 fully saturated rings. The summed E-state index contributed by atoms with van der Waals surface area (Å²) in [7, 11) is 2.15. The maximum Gasteiger partial charge on any atom is 0.256 e. The monoisotopic (exact) mass is 385 g/mol. The molecule has 0 N–H and O–H groups in total. The van der Waals surface area contributed by atoms with Gasteiger partial charge in [0.25, 0.3) is 5.91 Å². The molecule has 2 unspecified atom stereocenters. The van der Waals surface area contributed by atoms with Gasteiger partial charge < -0.3 is 9.80 Å². The molecule has 6 nitrogen and oxygen atoms in total. The summed E-state index contributed by atoms with van der Waals surface area (Å²) in [6.45, 7) is 1.94. The topological polar surface area (TPSA) is 53.7 Å². The first-order chi connectivity index (χ1) is 14.2. The molecule has 6 rings (SSSR count). The SMILES string of the molecule is CN1CC2CCC(C1)N2C(=O)c1cnc2c(c1)C(c1ccn3nccc3c1)=CC2. The van der Waals surface area contributed by atoms with Crippen LogP contribution in [-0.2, 0) is 6.42 Å². The van der Waals surface area contributed by atoms with Gasteiger partial charge in [-0.25, -0.2) is 4.52 Å². The number of pyridine rings is 2. The molecular formula is C23H23N5O. The van der Waals surface area contributed by atoms with Gasteiger partial charge in [0.2, 0.25) is 0 Å². The Kier molecular flexibility index (Phi) is 3.65. The van der Waals surface area contributed by atoms with Crippen LogP contribution in [0.1, 0.15) is 40.0 Å². The molecule has 0 aromatic carbocycles. The summed E-state index contributed by atoms with van der Waals surface area (Å²) in [6.07, 6.45) is 10.8. The maximum absolute atomic E-state index is 13.4. The number of allylic oxidation sites excluding steroid dienone is 1. The van der Waals surface area contributed by atoms with Gasteiger partial charge in [-0.3, -0.25) is 9.78 Å². The number of fused-ring (bicyclic) bond motifs is 4. The molecule has 0 spiro atoms. The first kappa shape index (κ1) is 16.9. The molecule has 2 bridgehead atoms. The Labute approximate surface area is 169 Å². The number of likely N-dealkylation sites (N-methyl/N-ethyl adjacent to an activating group) is 1. The summed E-state index contributed by atoms with van der Waals surface area (Å²) in [6, 6.07) is 8.94. The standard InChI is InChI=1S/C23H23N5O/c1-26-13-18-2-3-19(14-26)28(18)23(29)16-11-21-20(4-5-22(21)24-12-16)15-7-9-27-17(10-15)6-8-25-27/h4,6-12,18-19H,2-3,5,13-14H2,1H3. The van der Waals surface area contributed by atoms with Crippen LogP contribution in [0.3, 0.4) is 0 Å². The number of rotatable bonds is 2. The van der Waals surface area contributed by atoms with Crippen molar-refractivity contribution in [1.82, 2.24) is 24.4 Å². The second kappa shape index (κ2) is 6.26. The molecule has 1 aliphatic carbocycles. The van der Waals surface area contributed by atoms with E-state index in [4.69, 9.17) is 0 Å². The fourth-order valence-electron chi connectivity index (χ4n) is 5.27. The highest BCUT2D eigenvalue weighted by Gasteiger charge is 2.42. The van der Waals surface area contributed by atoms with Crippen molar-refractivity contribution < 1.29 is 4.79 Å². The molecule has 29 heavy (non-hydrogen) atoms. The van der Waals surface area contributed by atoms with E-state index < -0.39 is 0 Å². The Hall–Kier alpha value is -2.99. The first-order valence-electron chi connectivity index (χ1n) is 10.3. The average Bonchev–Trinajstić information content (AvgIpc) is 3.42. The first-order valence-corrected chi connectivity index (χ1v) is 10.3. The number of aromatic nitrogens is 3. The fraction of sp³-hybridized carbons (Fsp3) is 0.348. The van der Waals surface area contributed by atoms with E-state index >= 15 is 0 Å². The normalized spacial score (nSPS) is 23.5. The van der Waals surface area contributed by atoms with Crippen molar-refractivity contribution in [2.75, 3.05) is 20.1 Å². The molecule has 3 aromatic heterocycles. The van der Waals surface area contributed by atoms with Crippen LogP contribution < -0.4 is 0 Å². The maximum atomic E-state index is 13.4. The minimum Gasteiger partial charge on any atom is -0.330 e. The molecule has 6 heteroatoms. The van der Waals surface area contributed by atoms with Crippen LogP contribution in [-0.4, -0.2) is 62.5 Å². The number of hydrogen-bond acceptors (Lipinski definition) is 4. The average molecular weight is 385 g/mol. The number of amides is 1. The predicted octanol–water partition coefficient (Wildman–Crippen LogP) is 2.64. The van der Waals surface area contributed by atoms with E-state index in [-0.39, 0.29) is 5.91 Å². The van der Waals surface area contributed by atoms with Crippen molar-refractivity contribution >= 4 is 17.0 Å². The Bertz CT molecular complexity index is 1150. The molecule has 0 saturated carbocycles. The van der Waals surface area contributed by atoms with Crippen molar-refractivity contribution in [2.45, 2.75) is 31.3 Å². The van der Waals surface area contributed by atoms with Gasteiger partial charge in [0.1, 0.15) is 0 Å². The fourth-order valence-corrected chi connectivity index (χ4v) is 5.27. The van der Waals surface area contributed by atoms with E-state index in [0.717, 1.165) is 60.3 Å². The zero-order chi connectivity index (χ0) is 19.5. The molecule has 3 aliphatic rings. The molecule has 146 valence electrons. The van der Waals surface area contributed by atoms with Crippen LogP contribution in [0.2, 0.25) is 0 Å². The lowest BCUT2D eigenvalue weighted by Gasteiger charge is -2.39. The van der Waals surface area contributed by atoms with Crippen LogP contribution in [0.15, 0.2) is 48.9 Å². The smallest absolute Gasteiger partial charge is 0.256 e. The molecular weight excluding hydrogens is 362 g/mol. The van der Waals surface area contributed by atoms with Crippen molar-refractivity contribution in [3.8, 4) is 0 Å². The number of likely N-dealkylation sites (tertiary alicyclic amines) is 1. The molecule has 0 radical (unpaired) electrons. The summed E-state index contributed by atoms with van der Waals surface area (Å²) in [5, 5.41) is 4.28. The minimum atomic E-state index is 0.137. The lowest BCUT2D eigenvalue weighted by Crippen LogP contribution is -2.54. The third-order valence-corrected chi connectivity index (χ3v) is 6.62. The highest BCUT2D eigenvalue weighted by atomic mass is 16.2. The van der Waals surface area contributed by atoms with Gasteiger partial charge in [-0.1, -0.05) is 6.08 Å². The summed E-state index contributed by atoms with van der Waals surface area (Å²) in [5.74, 6) is 0.137. The Morgan fingerprint density at radius 3 is 2.79 bits per heavy atom. The van der Waals surface area contributed by atoms with E-state index in [9.17, 15) is 4.79 Å². The molecule has 2 saturated heterocycles. The summed E-state index contributed by atoms with van der Waals surface area (Å²) in [5.41, 5.74) is 6.21. The van der Waals surface area contributed by atoms with E-state index in [1.807, 2.05) is 16.8 Å². The lowest BCUT2D eigenvalue weighted by atomic mass is 10.00. The number of piperazine rings is 1. The summed E-state index contributed by atoms with van der Waals surface area (Å²) < 4.78 is 1.86. The second-order valence-corrected chi connectivity index (χ2v) is 8.47. The van der Waals surface area contributed by atoms with Crippen molar-refractivity contribution in [3.05, 3.63) is 71.3 Å². The van der Waals surface area contributed by atoms with Gasteiger partial charge in [-0.15, -0.1) is 0 Å². The highest BCUT2D eigenvalue weighted by Crippen LogP contribution is 2.35. The Balaban J connectivity index is 1.35. The van der Waals surface area contributed by atoms with Crippen LogP contribution in [0, 0.1) is 0 Å². The van der Waals surface area contributed by atoms with E-state index in [1.54, 1.807) is 12.4 Å². The van der Waals surface area contributed by atoms with E-state index in [1.165, 1.54) is 0 Å². The minimum absolute atomic E-state index is 0.137. The largest absolute Gasteiger partial charge is 0.330 e. The van der Waals surface area contributed by atoms with Gasteiger partial charge in [0, 0.05) is 55.7 Å². The molecule has 5 heterocycles. The summed E-state index contributed by atoms with van der Waals surface area (Å²) in [4.78, 5) is 22.5. The number of carbonyl (C=O) groups excluding carboxylic acids is 1. The Morgan fingerprint density at radius 2 is 1.97 bits per heavy atom. The third-order valence-electron chi connectivity index (χ3n) is 6.62. The highest BCUT2D eigenvalue weighted by molar-refractivity contribution is 5.97. The third kappa shape index (κ3) is 2.63. The van der Waals surface area contributed by atoms with Crippen molar-refractivity contribution in [3.63, 3.8) is 0 Å². The number of hydrogen-bond donors (Lipinski definition) is 0. The summed E-state index contributed by atoms with van der Waals surface area (Å²) >= 11 is 0. The molecule has 3 aromatic rings. The van der Waals surface area contributed by atoms with E-state index in [2.05, 4.69) is 51.2 Å². The van der Waals surface area contributed by atoms with Gasteiger partial charge in [-0.2, -0.15) is 5.10 Å². The molecule has 1 amide bonds. The van der Waals surface area contributed by atoms with Crippen molar-refractivity contribution in [1.29, 1.82) is 0 Å². The number of nitrogens with zero attached hydrogens (tertiary/aromatic N) is 5. The zero-order valence-electron chi connectivity index (χ0n) is 16.5. The molecule has 2 atom stereocenters. The van der Waals surface area contributed by atoms with E-state index in [0.29, 0.717) is 17.6 Å². The zero-order valence-corrected chi connectivity index (χ0v) is 16.5. The second-order valence-electron chi connectivity index (χ2n) is 8.47. The van der Waals surface area contributed by atoms with Crippen LogP contribution in [0.5, 0.6) is 0 Å². The Morgan fingerprint density at radius 1 is 1.14 bits per heavy atom. The lowest BCUT2D eigenvalue weighted by molar-refractivity contribution is 0.0472. The van der Waals surface area contributed by atoms with Gasteiger partial charge in [-0.05, 0) is 55.3 Å². The van der Waals surface area contributed by atoms with Crippen molar-refractivity contribution in [2.24, 2.45) is 0 Å². The molecule has 2 aliphatic heterocycles. The van der Waals surface area contributed by atoms with Gasteiger partial charge in [0.05, 0.1) is 16.8 Å². The predicted molar refractivity (Wildman–Crippen MR) is 111 cm³/mol. The van der Waals surface area contributed by atoms with Crippen LogP contribution in [0.4, 0.5) is 0 Å². The van der Waals surface area contributed by atoms with Crippen LogP contribution in [0.25, 0.3) is 11.1 Å². The quantitative estimate of drug-likeness (QED) is 0.681. The van der Waals surface area contributed by atoms with Crippen LogP contribution >= 0.6 is 0 Å². The van der Waals surface area contributed by atoms with Gasteiger partial charge >= 0.3 is 0 Å². The number of carbonyl (C=O) groups is 1.